The molecule has 3 N–H and O–H groups in total. The summed E-state index contributed by atoms with van der Waals surface area (Å²) in [5.74, 6) is 1.71. The number of amides is 1. The highest BCUT2D eigenvalue weighted by Crippen LogP contribution is 2.30. The van der Waals surface area contributed by atoms with Gasteiger partial charge in [-0.15, -0.1) is 0 Å². The van der Waals surface area contributed by atoms with Crippen LogP contribution in [0.4, 0.5) is 0 Å². The van der Waals surface area contributed by atoms with E-state index in [1.807, 2.05) is 0 Å². The third kappa shape index (κ3) is 4.52. The van der Waals surface area contributed by atoms with Crippen LogP contribution in [0.1, 0.15) is 46.0 Å². The van der Waals surface area contributed by atoms with E-state index in [1.165, 1.54) is 12.8 Å². The summed E-state index contributed by atoms with van der Waals surface area (Å²) in [5, 5.41) is 3.04. The van der Waals surface area contributed by atoms with E-state index in [1.54, 1.807) is 0 Å². The molecule has 1 amide bonds. The summed E-state index contributed by atoms with van der Waals surface area (Å²) in [6.07, 6.45) is 5.62. The number of rotatable bonds is 5. The summed E-state index contributed by atoms with van der Waals surface area (Å²) >= 11 is 0. The van der Waals surface area contributed by atoms with Crippen LogP contribution in [0, 0.1) is 17.8 Å². The second-order valence-electron chi connectivity index (χ2n) is 5.45. The topological polar surface area (TPSA) is 55.1 Å². The number of hydrogen-bond acceptors (Lipinski definition) is 2. The first-order valence-corrected chi connectivity index (χ1v) is 6.61. The van der Waals surface area contributed by atoms with Crippen LogP contribution in [0.2, 0.25) is 0 Å². The lowest BCUT2D eigenvalue weighted by Gasteiger charge is -2.28. The van der Waals surface area contributed by atoms with Crippen LogP contribution in [0.3, 0.4) is 0 Å². The second kappa shape index (κ2) is 6.89. The van der Waals surface area contributed by atoms with Gasteiger partial charge in [0, 0.05) is 12.5 Å². The Labute approximate surface area is 99.2 Å². The molecule has 0 heterocycles. The van der Waals surface area contributed by atoms with Crippen LogP contribution in [0.5, 0.6) is 0 Å². The van der Waals surface area contributed by atoms with Crippen molar-refractivity contribution < 1.29 is 4.79 Å². The first kappa shape index (κ1) is 13.5. The summed E-state index contributed by atoms with van der Waals surface area (Å²) in [4.78, 5) is 11.9. The molecule has 3 heteroatoms. The molecule has 1 aliphatic carbocycles. The molecule has 1 fully saturated rings. The molecular weight excluding hydrogens is 200 g/mol. The molecule has 3 nitrogen and oxygen atoms in total. The van der Waals surface area contributed by atoms with E-state index in [-0.39, 0.29) is 11.8 Å². The van der Waals surface area contributed by atoms with E-state index in [0.717, 1.165) is 32.4 Å². The van der Waals surface area contributed by atoms with Crippen molar-refractivity contribution in [3.05, 3.63) is 0 Å². The Morgan fingerprint density at radius 1 is 1.44 bits per heavy atom. The average Bonchev–Trinajstić information content (AvgIpc) is 2.26. The van der Waals surface area contributed by atoms with Gasteiger partial charge in [-0.2, -0.15) is 0 Å². The molecule has 0 spiro atoms. The van der Waals surface area contributed by atoms with Crippen molar-refractivity contribution in [2.45, 2.75) is 46.0 Å². The van der Waals surface area contributed by atoms with Crippen molar-refractivity contribution in [2.24, 2.45) is 23.5 Å². The number of nitrogens with two attached hydrogens (primary N) is 1. The third-order valence-corrected chi connectivity index (χ3v) is 3.41. The van der Waals surface area contributed by atoms with Crippen LogP contribution in [-0.4, -0.2) is 19.0 Å². The first-order valence-electron chi connectivity index (χ1n) is 6.61. The van der Waals surface area contributed by atoms with Crippen LogP contribution in [0.25, 0.3) is 0 Å². The van der Waals surface area contributed by atoms with Crippen molar-refractivity contribution in [1.82, 2.24) is 5.32 Å². The van der Waals surface area contributed by atoms with Gasteiger partial charge in [-0.25, -0.2) is 0 Å². The van der Waals surface area contributed by atoms with Gasteiger partial charge in [0.1, 0.15) is 0 Å². The lowest BCUT2D eigenvalue weighted by Crippen LogP contribution is -2.36. The first-order chi connectivity index (χ1) is 7.63. The van der Waals surface area contributed by atoms with E-state index in [4.69, 9.17) is 5.73 Å². The van der Waals surface area contributed by atoms with Gasteiger partial charge in [0.05, 0.1) is 0 Å². The van der Waals surface area contributed by atoms with Crippen molar-refractivity contribution in [3.63, 3.8) is 0 Å². The predicted octanol–water partition coefficient (Wildman–Crippen LogP) is 1.91. The molecular formula is C13H26N2O. The number of carbonyl (C=O) groups excluding carboxylic acids is 1. The molecule has 0 saturated heterocycles. The van der Waals surface area contributed by atoms with E-state index >= 15 is 0 Å². The maximum atomic E-state index is 11.9. The fraction of sp³-hybridized carbons (Fsp3) is 0.923. The van der Waals surface area contributed by atoms with Crippen LogP contribution < -0.4 is 11.1 Å². The Kier molecular flexibility index (Phi) is 5.81. The minimum Gasteiger partial charge on any atom is -0.356 e. The molecule has 0 aromatic carbocycles. The molecule has 94 valence electrons. The summed E-state index contributed by atoms with van der Waals surface area (Å²) in [7, 11) is 0. The molecule has 2 unspecified atom stereocenters. The minimum atomic E-state index is 0.240. The van der Waals surface area contributed by atoms with Gasteiger partial charge in [0.2, 0.25) is 5.91 Å². The molecule has 1 aliphatic rings. The molecule has 0 bridgehead atoms. The van der Waals surface area contributed by atoms with Gasteiger partial charge in [-0.1, -0.05) is 26.7 Å². The Bertz CT molecular complexity index is 214. The zero-order valence-corrected chi connectivity index (χ0v) is 10.7. The van der Waals surface area contributed by atoms with Crippen LogP contribution in [-0.2, 0) is 4.79 Å². The quantitative estimate of drug-likeness (QED) is 0.752. The van der Waals surface area contributed by atoms with Crippen molar-refractivity contribution in [1.29, 1.82) is 0 Å². The molecule has 0 aliphatic heterocycles. The van der Waals surface area contributed by atoms with Gasteiger partial charge in [-0.3, -0.25) is 4.79 Å². The normalized spacial score (nSPS) is 25.8. The standard InChI is InChI=1S/C13H26N2O/c1-10(2)9-15-13(16)12-5-3-4-11(8-12)6-7-14/h10-12H,3-9,14H2,1-2H3,(H,15,16). The smallest absolute Gasteiger partial charge is 0.223 e. The maximum Gasteiger partial charge on any atom is 0.223 e. The van der Waals surface area contributed by atoms with Gasteiger partial charge in [-0.05, 0) is 37.6 Å². The Hall–Kier alpha value is -0.570. The third-order valence-electron chi connectivity index (χ3n) is 3.41. The monoisotopic (exact) mass is 226 g/mol. The molecule has 1 rings (SSSR count). The van der Waals surface area contributed by atoms with E-state index in [0.29, 0.717) is 11.8 Å². The van der Waals surface area contributed by atoms with Gasteiger partial charge < -0.3 is 11.1 Å². The molecule has 0 radical (unpaired) electrons. The van der Waals surface area contributed by atoms with E-state index < -0.39 is 0 Å². The Morgan fingerprint density at radius 2 is 2.19 bits per heavy atom. The average molecular weight is 226 g/mol. The molecule has 16 heavy (non-hydrogen) atoms. The summed E-state index contributed by atoms with van der Waals surface area (Å²) in [6, 6.07) is 0. The highest BCUT2D eigenvalue weighted by atomic mass is 16.1. The zero-order chi connectivity index (χ0) is 12.0. The van der Waals surface area contributed by atoms with E-state index in [2.05, 4.69) is 19.2 Å². The highest BCUT2D eigenvalue weighted by Gasteiger charge is 2.26. The lowest BCUT2D eigenvalue weighted by atomic mass is 9.79. The molecule has 0 aromatic rings. The number of hydrogen-bond donors (Lipinski definition) is 2. The summed E-state index contributed by atoms with van der Waals surface area (Å²) in [6.45, 7) is 5.80. The number of carbonyl (C=O) groups is 1. The second-order valence-corrected chi connectivity index (χ2v) is 5.45. The fourth-order valence-electron chi connectivity index (χ4n) is 2.48. The maximum absolute atomic E-state index is 11.9. The molecule has 1 saturated carbocycles. The minimum absolute atomic E-state index is 0.240. The van der Waals surface area contributed by atoms with Crippen LogP contribution >= 0.6 is 0 Å². The van der Waals surface area contributed by atoms with Gasteiger partial charge in [0.25, 0.3) is 0 Å². The van der Waals surface area contributed by atoms with Gasteiger partial charge >= 0.3 is 0 Å². The summed E-state index contributed by atoms with van der Waals surface area (Å²) in [5.41, 5.74) is 5.58. The fourth-order valence-corrected chi connectivity index (χ4v) is 2.48. The SMILES string of the molecule is CC(C)CNC(=O)C1CCCC(CCN)C1. The largest absolute Gasteiger partial charge is 0.356 e. The van der Waals surface area contributed by atoms with Crippen molar-refractivity contribution >= 4 is 5.91 Å². The van der Waals surface area contributed by atoms with Crippen molar-refractivity contribution in [2.75, 3.05) is 13.1 Å². The Balaban J connectivity index is 2.32. The van der Waals surface area contributed by atoms with Crippen LogP contribution in [0.15, 0.2) is 0 Å². The predicted molar refractivity (Wildman–Crippen MR) is 67.0 cm³/mol. The summed E-state index contributed by atoms with van der Waals surface area (Å²) < 4.78 is 0. The lowest BCUT2D eigenvalue weighted by molar-refractivity contribution is -0.126. The number of nitrogens with one attached hydrogen (secondary N) is 1. The Morgan fingerprint density at radius 3 is 2.81 bits per heavy atom. The van der Waals surface area contributed by atoms with Crippen molar-refractivity contribution in [3.8, 4) is 0 Å². The molecule has 0 aromatic heterocycles. The zero-order valence-electron chi connectivity index (χ0n) is 10.7. The van der Waals surface area contributed by atoms with E-state index in [9.17, 15) is 4.79 Å². The highest BCUT2D eigenvalue weighted by molar-refractivity contribution is 5.78. The van der Waals surface area contributed by atoms with Gasteiger partial charge in [0.15, 0.2) is 0 Å². The molecule has 2 atom stereocenters.